The molecule has 1 unspecified atom stereocenters. The monoisotopic (exact) mass is 316 g/mol. The Morgan fingerprint density at radius 2 is 2.30 bits per heavy atom. The maximum absolute atomic E-state index is 12.3. The van der Waals surface area contributed by atoms with Gasteiger partial charge in [-0.05, 0) is 25.0 Å². The van der Waals surface area contributed by atoms with Crippen molar-refractivity contribution >= 4 is 28.7 Å². The van der Waals surface area contributed by atoms with E-state index >= 15 is 0 Å². The number of anilines is 1. The number of imidazole rings is 1. The van der Waals surface area contributed by atoms with Crippen molar-refractivity contribution in [2.45, 2.75) is 33.3 Å². The summed E-state index contributed by atoms with van der Waals surface area (Å²) in [5, 5.41) is 2.69. The number of aromatic amines is 1. The molecule has 1 atom stereocenters. The number of cyclic esters (lactones) is 1. The van der Waals surface area contributed by atoms with E-state index in [0.29, 0.717) is 13.1 Å². The summed E-state index contributed by atoms with van der Waals surface area (Å²) >= 11 is 0. The van der Waals surface area contributed by atoms with Crippen LogP contribution in [0.5, 0.6) is 0 Å². The van der Waals surface area contributed by atoms with Crippen molar-refractivity contribution in [3.8, 4) is 0 Å². The summed E-state index contributed by atoms with van der Waals surface area (Å²) in [6.45, 7) is 6.08. The zero-order chi connectivity index (χ0) is 16.6. The number of carbonyl (C=O) groups excluding carboxylic acids is 2. The zero-order valence-corrected chi connectivity index (χ0v) is 13.5. The standard InChI is InChI=1S/C16H20N4O3/c1-4-11-5-6-13-14(19-9(2)18-13)15(11)20-8-12(23-16(20)22)7-17-10(3)21/h5-6,12H,4,7-8H2,1-3H3,(H,17,21)(H,18,19). The molecular formula is C16H20N4O3. The van der Waals surface area contributed by atoms with Crippen molar-refractivity contribution in [3.05, 3.63) is 23.5 Å². The van der Waals surface area contributed by atoms with Gasteiger partial charge in [-0.1, -0.05) is 13.0 Å². The molecule has 1 aromatic carbocycles. The third kappa shape index (κ3) is 2.86. The van der Waals surface area contributed by atoms with Crippen LogP contribution in [0.2, 0.25) is 0 Å². The number of nitrogens with zero attached hydrogens (tertiary/aromatic N) is 2. The number of ether oxygens (including phenoxy) is 1. The fraction of sp³-hybridized carbons (Fsp3) is 0.438. The van der Waals surface area contributed by atoms with Crippen LogP contribution in [0.4, 0.5) is 10.5 Å². The highest BCUT2D eigenvalue weighted by Crippen LogP contribution is 2.33. The van der Waals surface area contributed by atoms with Gasteiger partial charge in [0.15, 0.2) is 0 Å². The summed E-state index contributed by atoms with van der Waals surface area (Å²) in [7, 11) is 0. The Kier molecular flexibility index (Phi) is 3.94. The number of H-pyrrole nitrogens is 1. The minimum atomic E-state index is -0.400. The maximum atomic E-state index is 12.3. The molecule has 2 amide bonds. The van der Waals surface area contributed by atoms with Crippen molar-refractivity contribution in [1.82, 2.24) is 15.3 Å². The molecule has 1 aliphatic rings. The fourth-order valence-electron chi connectivity index (χ4n) is 2.88. The van der Waals surface area contributed by atoms with Gasteiger partial charge in [0.05, 0.1) is 24.3 Å². The Morgan fingerprint density at radius 1 is 1.52 bits per heavy atom. The van der Waals surface area contributed by atoms with E-state index in [-0.39, 0.29) is 12.0 Å². The fourth-order valence-corrected chi connectivity index (χ4v) is 2.88. The number of hydrogen-bond donors (Lipinski definition) is 2. The van der Waals surface area contributed by atoms with Gasteiger partial charge >= 0.3 is 6.09 Å². The third-order valence-electron chi connectivity index (χ3n) is 3.93. The summed E-state index contributed by atoms with van der Waals surface area (Å²) in [5.74, 6) is 0.663. The van der Waals surface area contributed by atoms with Gasteiger partial charge in [-0.25, -0.2) is 9.78 Å². The smallest absolute Gasteiger partial charge is 0.414 e. The Hall–Kier alpha value is -2.57. The number of aromatic nitrogens is 2. The largest absolute Gasteiger partial charge is 0.442 e. The summed E-state index contributed by atoms with van der Waals surface area (Å²) in [6, 6.07) is 3.98. The third-order valence-corrected chi connectivity index (χ3v) is 3.93. The highest BCUT2D eigenvalue weighted by molar-refractivity contribution is 6.01. The van der Waals surface area contributed by atoms with Gasteiger partial charge in [-0.2, -0.15) is 0 Å². The first-order valence-electron chi connectivity index (χ1n) is 7.70. The number of rotatable bonds is 4. The van der Waals surface area contributed by atoms with Crippen LogP contribution in [0.1, 0.15) is 25.2 Å². The molecule has 7 nitrogen and oxygen atoms in total. The molecule has 7 heteroatoms. The molecule has 0 bridgehead atoms. The average Bonchev–Trinajstić information content (AvgIpc) is 3.05. The molecule has 0 radical (unpaired) electrons. The molecule has 3 rings (SSSR count). The molecule has 23 heavy (non-hydrogen) atoms. The van der Waals surface area contributed by atoms with Gasteiger partial charge in [0.1, 0.15) is 17.4 Å². The molecular weight excluding hydrogens is 296 g/mol. The number of benzene rings is 1. The van der Waals surface area contributed by atoms with Gasteiger partial charge in [-0.3, -0.25) is 9.69 Å². The predicted molar refractivity (Wildman–Crippen MR) is 86.5 cm³/mol. The minimum absolute atomic E-state index is 0.140. The van der Waals surface area contributed by atoms with Crippen LogP contribution < -0.4 is 10.2 Å². The second-order valence-electron chi connectivity index (χ2n) is 5.70. The van der Waals surface area contributed by atoms with Gasteiger partial charge in [-0.15, -0.1) is 0 Å². The van der Waals surface area contributed by atoms with E-state index < -0.39 is 6.09 Å². The molecule has 0 saturated carbocycles. The molecule has 0 spiro atoms. The van der Waals surface area contributed by atoms with Crippen LogP contribution >= 0.6 is 0 Å². The molecule has 1 aliphatic heterocycles. The highest BCUT2D eigenvalue weighted by atomic mass is 16.6. The molecule has 2 heterocycles. The topological polar surface area (TPSA) is 87.3 Å². The van der Waals surface area contributed by atoms with E-state index in [1.54, 1.807) is 4.90 Å². The van der Waals surface area contributed by atoms with Crippen LogP contribution in [0.15, 0.2) is 12.1 Å². The van der Waals surface area contributed by atoms with Crippen molar-refractivity contribution in [2.24, 2.45) is 0 Å². The van der Waals surface area contributed by atoms with E-state index in [9.17, 15) is 9.59 Å². The van der Waals surface area contributed by atoms with Crippen molar-refractivity contribution in [1.29, 1.82) is 0 Å². The van der Waals surface area contributed by atoms with Crippen LogP contribution in [-0.4, -0.2) is 41.2 Å². The lowest BCUT2D eigenvalue weighted by molar-refractivity contribution is -0.119. The molecule has 2 aromatic rings. The first-order chi connectivity index (χ1) is 11.0. The highest BCUT2D eigenvalue weighted by Gasteiger charge is 2.34. The molecule has 1 aromatic heterocycles. The van der Waals surface area contributed by atoms with Gasteiger partial charge in [0.25, 0.3) is 0 Å². The van der Waals surface area contributed by atoms with Crippen molar-refractivity contribution in [2.75, 3.05) is 18.0 Å². The second-order valence-corrected chi connectivity index (χ2v) is 5.70. The normalized spacial score (nSPS) is 17.6. The lowest BCUT2D eigenvalue weighted by Crippen LogP contribution is -2.33. The summed E-state index contributed by atoms with van der Waals surface area (Å²) in [4.78, 5) is 32.7. The first kappa shape index (κ1) is 15.3. The van der Waals surface area contributed by atoms with Crippen LogP contribution in [0, 0.1) is 6.92 Å². The molecule has 1 saturated heterocycles. The van der Waals surface area contributed by atoms with Crippen LogP contribution in [0.25, 0.3) is 11.0 Å². The maximum Gasteiger partial charge on any atom is 0.414 e. The van der Waals surface area contributed by atoms with Crippen LogP contribution in [0.3, 0.4) is 0 Å². The Morgan fingerprint density at radius 3 is 3.00 bits per heavy atom. The van der Waals surface area contributed by atoms with Crippen molar-refractivity contribution < 1.29 is 14.3 Å². The number of carbonyl (C=O) groups is 2. The van der Waals surface area contributed by atoms with E-state index in [1.807, 2.05) is 26.0 Å². The first-order valence-corrected chi connectivity index (χ1v) is 7.70. The van der Waals surface area contributed by atoms with Crippen LogP contribution in [-0.2, 0) is 16.0 Å². The lowest BCUT2D eigenvalue weighted by atomic mass is 10.1. The summed E-state index contributed by atoms with van der Waals surface area (Å²) in [6.07, 6.45) is 0.0340. The van der Waals surface area contributed by atoms with E-state index in [0.717, 1.165) is 34.5 Å². The van der Waals surface area contributed by atoms with Gasteiger partial charge in [0, 0.05) is 6.92 Å². The SMILES string of the molecule is CCc1ccc2[nH]c(C)nc2c1N1CC(CNC(C)=O)OC1=O. The Bertz CT molecular complexity index is 768. The van der Waals surface area contributed by atoms with E-state index in [2.05, 4.69) is 15.3 Å². The molecule has 0 aliphatic carbocycles. The van der Waals surface area contributed by atoms with E-state index in [4.69, 9.17) is 4.74 Å². The summed E-state index contributed by atoms with van der Waals surface area (Å²) < 4.78 is 5.37. The molecule has 2 N–H and O–H groups in total. The molecule has 1 fully saturated rings. The summed E-state index contributed by atoms with van der Waals surface area (Å²) in [5.41, 5.74) is 3.51. The number of fused-ring (bicyclic) bond motifs is 1. The lowest BCUT2D eigenvalue weighted by Gasteiger charge is -2.17. The zero-order valence-electron chi connectivity index (χ0n) is 13.5. The Balaban J connectivity index is 1.96. The predicted octanol–water partition coefficient (Wildman–Crippen LogP) is 1.90. The van der Waals surface area contributed by atoms with Gasteiger partial charge < -0.3 is 15.0 Å². The quantitative estimate of drug-likeness (QED) is 0.902. The average molecular weight is 316 g/mol. The number of aryl methyl sites for hydroxylation is 2. The number of amides is 2. The van der Waals surface area contributed by atoms with Gasteiger partial charge in [0.2, 0.25) is 5.91 Å². The van der Waals surface area contributed by atoms with E-state index in [1.165, 1.54) is 6.92 Å². The molecule has 122 valence electrons. The Labute approximate surface area is 134 Å². The number of nitrogens with one attached hydrogen (secondary N) is 2. The minimum Gasteiger partial charge on any atom is -0.442 e. The van der Waals surface area contributed by atoms with Crippen molar-refractivity contribution in [3.63, 3.8) is 0 Å². The number of hydrogen-bond acceptors (Lipinski definition) is 4. The second kappa shape index (κ2) is 5.91.